The van der Waals surface area contributed by atoms with Gasteiger partial charge in [0.1, 0.15) is 5.69 Å². The maximum atomic E-state index is 14.1. The fourth-order valence-electron chi connectivity index (χ4n) is 3.78. The first-order chi connectivity index (χ1) is 16.5. The van der Waals surface area contributed by atoms with Crippen LogP contribution < -0.4 is 0 Å². The van der Waals surface area contributed by atoms with Crippen LogP contribution in [0.3, 0.4) is 0 Å². The van der Waals surface area contributed by atoms with Crippen molar-refractivity contribution in [2.45, 2.75) is 6.54 Å². The number of halogens is 2. The molecule has 0 N–H and O–H groups in total. The van der Waals surface area contributed by atoms with Gasteiger partial charge in [-0.25, -0.2) is 23.5 Å². The van der Waals surface area contributed by atoms with Crippen LogP contribution in [0.5, 0.6) is 0 Å². The predicted molar refractivity (Wildman–Crippen MR) is 124 cm³/mol. The molecule has 5 nitrogen and oxygen atoms in total. The minimum atomic E-state index is -0.953. The number of hydrogen-bond acceptors (Lipinski definition) is 4. The molecule has 34 heavy (non-hydrogen) atoms. The molecule has 2 aliphatic rings. The third-order valence-corrected chi connectivity index (χ3v) is 5.58. The molecule has 0 atom stereocenters. The van der Waals surface area contributed by atoms with Gasteiger partial charge in [-0.3, -0.25) is 0 Å². The van der Waals surface area contributed by atoms with E-state index < -0.39 is 11.6 Å². The number of carbonyl (C=O) groups excluding carboxylic acids is 1. The summed E-state index contributed by atoms with van der Waals surface area (Å²) < 4.78 is 34.4. The molecule has 0 radical (unpaired) electrons. The number of carbonyl (C=O) groups is 1. The van der Waals surface area contributed by atoms with Gasteiger partial charge in [-0.15, -0.1) is 0 Å². The van der Waals surface area contributed by atoms with Crippen LogP contribution in [0.15, 0.2) is 85.2 Å². The standard InChI is InChI=1S/C27H19F2N3O2/c1-34-27(33)20-11-9-19(10-12-20)18-7-5-17(6-8-18)15-32-14-13-23-24(16-32)31-26(30-23)21-3-2-4-22(28)25(21)29/h2-14,16H,15H2,1H3. The van der Waals surface area contributed by atoms with Gasteiger partial charge in [0.05, 0.1) is 23.9 Å². The number of hydrogen-bond donors (Lipinski definition) is 0. The van der Waals surface area contributed by atoms with Crippen LogP contribution in [0.1, 0.15) is 15.9 Å². The Hall–Kier alpha value is -4.39. The number of pyridine rings is 1. The van der Waals surface area contributed by atoms with Crippen LogP contribution in [-0.2, 0) is 11.3 Å². The maximum absolute atomic E-state index is 14.1. The van der Waals surface area contributed by atoms with Gasteiger partial charge in [0.25, 0.3) is 0 Å². The fraction of sp³-hybridized carbons (Fsp3) is 0.0741. The molecular weight excluding hydrogens is 436 g/mol. The lowest BCUT2D eigenvalue weighted by molar-refractivity contribution is 0.0600. The van der Waals surface area contributed by atoms with Gasteiger partial charge in [0, 0.05) is 18.9 Å². The number of benzene rings is 3. The average Bonchev–Trinajstić information content (AvgIpc) is 3.29. The highest BCUT2D eigenvalue weighted by Gasteiger charge is 2.17. The number of aromatic nitrogens is 3. The van der Waals surface area contributed by atoms with Crippen LogP contribution in [0.2, 0.25) is 0 Å². The number of imidazole rings is 1. The van der Waals surface area contributed by atoms with E-state index in [1.807, 2.05) is 53.4 Å². The van der Waals surface area contributed by atoms with E-state index in [0.717, 1.165) is 22.8 Å². The molecule has 0 unspecified atom stereocenters. The summed E-state index contributed by atoms with van der Waals surface area (Å²) in [6.45, 7) is 0.605. The lowest BCUT2D eigenvalue weighted by Gasteiger charge is -2.09. The van der Waals surface area contributed by atoms with Crippen molar-refractivity contribution in [1.29, 1.82) is 0 Å². The lowest BCUT2D eigenvalue weighted by atomic mass is 10.0. The van der Waals surface area contributed by atoms with Gasteiger partial charge in [0.2, 0.25) is 0 Å². The van der Waals surface area contributed by atoms with Crippen molar-refractivity contribution in [2.75, 3.05) is 7.11 Å². The van der Waals surface area contributed by atoms with Crippen molar-refractivity contribution in [1.82, 2.24) is 14.5 Å². The van der Waals surface area contributed by atoms with Crippen molar-refractivity contribution in [3.05, 3.63) is 108 Å². The number of esters is 1. The van der Waals surface area contributed by atoms with Crippen LogP contribution in [-0.4, -0.2) is 27.6 Å². The summed E-state index contributed by atoms with van der Waals surface area (Å²) in [5, 5.41) is 0. The molecule has 0 saturated heterocycles. The fourth-order valence-corrected chi connectivity index (χ4v) is 3.78. The number of methoxy groups -OCH3 is 1. The van der Waals surface area contributed by atoms with Gasteiger partial charge in [-0.05, 0) is 47.0 Å². The summed E-state index contributed by atoms with van der Waals surface area (Å²) in [5.41, 5.74) is 4.87. The largest absolute Gasteiger partial charge is 0.465 e. The first kappa shape index (κ1) is 21.5. The molecule has 0 aliphatic carbocycles. The normalized spacial score (nSPS) is 11.0. The zero-order valence-corrected chi connectivity index (χ0v) is 18.2. The summed E-state index contributed by atoms with van der Waals surface area (Å²) in [4.78, 5) is 20.3. The van der Waals surface area contributed by atoms with Crippen LogP contribution >= 0.6 is 0 Å². The van der Waals surface area contributed by atoms with E-state index >= 15 is 0 Å². The Labute approximate surface area is 194 Å². The predicted octanol–water partition coefficient (Wildman–Crippen LogP) is 5.83. The monoisotopic (exact) mass is 455 g/mol. The highest BCUT2D eigenvalue weighted by Crippen LogP contribution is 2.28. The molecule has 0 amide bonds. The van der Waals surface area contributed by atoms with E-state index in [9.17, 15) is 13.6 Å². The van der Waals surface area contributed by atoms with E-state index in [1.54, 1.807) is 18.2 Å². The van der Waals surface area contributed by atoms with Gasteiger partial charge >= 0.3 is 5.97 Å². The topological polar surface area (TPSA) is 57.0 Å². The third-order valence-electron chi connectivity index (χ3n) is 5.58. The molecule has 0 spiro atoms. The van der Waals surface area contributed by atoms with Gasteiger partial charge in [-0.1, -0.05) is 42.5 Å². The molecule has 0 aromatic heterocycles. The van der Waals surface area contributed by atoms with E-state index in [4.69, 9.17) is 4.74 Å². The highest BCUT2D eigenvalue weighted by molar-refractivity contribution is 5.90. The Morgan fingerprint density at radius 1 is 0.882 bits per heavy atom. The Morgan fingerprint density at radius 3 is 2.26 bits per heavy atom. The Kier molecular flexibility index (Phi) is 5.59. The minimum Gasteiger partial charge on any atom is -0.465 e. The van der Waals surface area contributed by atoms with Crippen molar-refractivity contribution < 1.29 is 18.3 Å². The number of nitrogens with zero attached hydrogens (tertiary/aromatic N) is 3. The van der Waals surface area contributed by atoms with Gasteiger partial charge in [0.15, 0.2) is 17.5 Å². The minimum absolute atomic E-state index is 0.0398. The average molecular weight is 455 g/mol. The van der Waals surface area contributed by atoms with Crippen LogP contribution in [0.4, 0.5) is 8.78 Å². The molecule has 0 bridgehead atoms. The molecule has 168 valence electrons. The van der Waals surface area contributed by atoms with E-state index in [1.165, 1.54) is 19.2 Å². The smallest absolute Gasteiger partial charge is 0.337 e. The Balaban J connectivity index is 1.35. The molecule has 5 rings (SSSR count). The molecule has 7 heteroatoms. The zero-order valence-electron chi connectivity index (χ0n) is 18.2. The highest BCUT2D eigenvalue weighted by atomic mass is 19.2. The lowest BCUT2D eigenvalue weighted by Crippen LogP contribution is -2.01. The first-order valence-electron chi connectivity index (χ1n) is 10.6. The van der Waals surface area contributed by atoms with E-state index in [0.29, 0.717) is 23.5 Å². The molecule has 0 saturated carbocycles. The first-order valence-corrected chi connectivity index (χ1v) is 10.6. The second kappa shape index (κ2) is 8.86. The number of fused-ring (bicyclic) bond motifs is 1. The zero-order chi connectivity index (χ0) is 23.7. The second-order valence-corrected chi connectivity index (χ2v) is 7.80. The summed E-state index contributed by atoms with van der Waals surface area (Å²) in [6, 6.07) is 21.1. The van der Waals surface area contributed by atoms with Crippen molar-refractivity contribution in [2.24, 2.45) is 0 Å². The summed E-state index contributed by atoms with van der Waals surface area (Å²) in [5.74, 6) is -2.08. The Bertz CT molecular complexity index is 1440. The summed E-state index contributed by atoms with van der Waals surface area (Å²) in [6.07, 6.45) is 3.71. The third kappa shape index (κ3) is 4.15. The molecule has 0 fully saturated rings. The SMILES string of the molecule is COC(=O)c1ccc(-c2ccc(Cn3ccc4nc(-c5cccc(F)c5F)nc-4c3)cc2)cc1. The Morgan fingerprint density at radius 2 is 1.56 bits per heavy atom. The molecule has 3 aromatic carbocycles. The summed E-state index contributed by atoms with van der Waals surface area (Å²) in [7, 11) is 1.36. The maximum Gasteiger partial charge on any atom is 0.337 e. The van der Waals surface area contributed by atoms with Gasteiger partial charge in [-0.2, -0.15) is 0 Å². The van der Waals surface area contributed by atoms with Crippen LogP contribution in [0.25, 0.3) is 33.9 Å². The van der Waals surface area contributed by atoms with E-state index in [2.05, 4.69) is 9.97 Å². The van der Waals surface area contributed by atoms with Crippen molar-refractivity contribution in [3.63, 3.8) is 0 Å². The van der Waals surface area contributed by atoms with Crippen molar-refractivity contribution >= 4 is 5.97 Å². The number of rotatable bonds is 5. The molecule has 2 heterocycles. The molecule has 2 aliphatic heterocycles. The second-order valence-electron chi connectivity index (χ2n) is 7.80. The van der Waals surface area contributed by atoms with Gasteiger partial charge < -0.3 is 9.30 Å². The number of ether oxygens (including phenoxy) is 1. The van der Waals surface area contributed by atoms with E-state index in [-0.39, 0.29) is 17.4 Å². The molecule has 3 aromatic rings. The van der Waals surface area contributed by atoms with Crippen LogP contribution in [0, 0.1) is 11.6 Å². The summed E-state index contributed by atoms with van der Waals surface area (Å²) >= 11 is 0. The van der Waals surface area contributed by atoms with Crippen molar-refractivity contribution in [3.8, 4) is 33.9 Å². The quantitative estimate of drug-likeness (QED) is 0.313. The molecular formula is C27H19F2N3O2.